The van der Waals surface area contributed by atoms with Crippen molar-refractivity contribution in [1.29, 1.82) is 0 Å². The number of halogens is 3. The molecule has 1 aliphatic rings. The Labute approximate surface area is 189 Å². The smallest absolute Gasteiger partial charge is 0.308 e. The van der Waals surface area contributed by atoms with Crippen LogP contribution in [-0.2, 0) is 27.4 Å². The van der Waals surface area contributed by atoms with Gasteiger partial charge in [0.2, 0.25) is 0 Å². The molecule has 0 fully saturated rings. The zero-order valence-corrected chi connectivity index (χ0v) is 18.0. The molecular weight excluding hydrogens is 453 g/mol. The summed E-state index contributed by atoms with van der Waals surface area (Å²) in [6, 6.07) is 17.3. The van der Waals surface area contributed by atoms with E-state index in [0.29, 0.717) is 12.1 Å². The van der Waals surface area contributed by atoms with Crippen LogP contribution in [0.4, 0.5) is 24.5 Å². The van der Waals surface area contributed by atoms with Gasteiger partial charge in [-0.3, -0.25) is 9.52 Å². The summed E-state index contributed by atoms with van der Waals surface area (Å²) in [6.45, 7) is 0.598. The van der Waals surface area contributed by atoms with Crippen LogP contribution in [-0.4, -0.2) is 20.9 Å². The lowest BCUT2D eigenvalue weighted by Crippen LogP contribution is -2.26. The fourth-order valence-corrected chi connectivity index (χ4v) is 4.61. The maximum absolute atomic E-state index is 12.9. The summed E-state index contributed by atoms with van der Waals surface area (Å²) in [5.74, 6) is -0.178. The molecule has 3 aromatic carbocycles. The largest absolute Gasteiger partial charge is 0.416 e. The normalized spacial score (nSPS) is 13.8. The molecule has 0 bridgehead atoms. The predicted molar refractivity (Wildman–Crippen MR) is 120 cm³/mol. The number of carbonyl (C=O) groups is 1. The van der Waals surface area contributed by atoms with Crippen LogP contribution in [0.1, 0.15) is 16.7 Å². The van der Waals surface area contributed by atoms with Crippen LogP contribution in [0.25, 0.3) is 6.08 Å². The summed E-state index contributed by atoms with van der Waals surface area (Å²) in [6.07, 6.45) is -0.780. The van der Waals surface area contributed by atoms with E-state index in [4.69, 9.17) is 0 Å². The number of hydrogen-bond donors (Lipinski definition) is 1. The summed E-state index contributed by atoms with van der Waals surface area (Å²) in [5.41, 5.74) is 1.46. The summed E-state index contributed by atoms with van der Waals surface area (Å²) < 4.78 is 65.9. The molecule has 0 saturated heterocycles. The fraction of sp³-hybridized carbons (Fsp3) is 0.125. The van der Waals surface area contributed by atoms with Crippen molar-refractivity contribution in [3.63, 3.8) is 0 Å². The molecule has 0 atom stereocenters. The molecule has 1 aliphatic heterocycles. The molecule has 33 heavy (non-hydrogen) atoms. The third-order valence-corrected chi connectivity index (χ3v) is 6.60. The number of benzene rings is 3. The first-order valence-electron chi connectivity index (χ1n) is 10.0. The van der Waals surface area contributed by atoms with E-state index in [-0.39, 0.29) is 16.5 Å². The van der Waals surface area contributed by atoms with E-state index in [2.05, 4.69) is 4.72 Å². The highest BCUT2D eigenvalue weighted by molar-refractivity contribution is 7.92. The number of nitrogens with zero attached hydrogens (tertiary/aromatic N) is 1. The highest BCUT2D eigenvalue weighted by Crippen LogP contribution is 2.31. The second-order valence-electron chi connectivity index (χ2n) is 7.46. The zero-order chi connectivity index (χ0) is 23.6. The van der Waals surface area contributed by atoms with E-state index < -0.39 is 21.8 Å². The minimum Gasteiger partial charge on any atom is -0.308 e. The van der Waals surface area contributed by atoms with Crippen molar-refractivity contribution in [3.05, 3.63) is 95.6 Å². The number of hydrogen-bond acceptors (Lipinski definition) is 3. The van der Waals surface area contributed by atoms with Crippen LogP contribution in [0.2, 0.25) is 0 Å². The van der Waals surface area contributed by atoms with Gasteiger partial charge in [0.05, 0.1) is 10.5 Å². The molecule has 0 spiro atoms. The van der Waals surface area contributed by atoms with Gasteiger partial charge in [-0.2, -0.15) is 13.2 Å². The Morgan fingerprint density at radius 2 is 1.70 bits per heavy atom. The number of carbonyl (C=O) groups excluding carboxylic acids is 1. The molecule has 5 nitrogen and oxygen atoms in total. The van der Waals surface area contributed by atoms with Crippen LogP contribution in [0.15, 0.2) is 83.8 Å². The van der Waals surface area contributed by atoms with Crippen molar-refractivity contribution < 1.29 is 26.4 Å². The van der Waals surface area contributed by atoms with Crippen molar-refractivity contribution in [2.45, 2.75) is 17.5 Å². The molecule has 1 N–H and O–H groups in total. The molecule has 0 saturated carbocycles. The van der Waals surface area contributed by atoms with Crippen molar-refractivity contribution in [2.24, 2.45) is 0 Å². The predicted octanol–water partition coefficient (Wildman–Crippen LogP) is 5.11. The van der Waals surface area contributed by atoms with E-state index >= 15 is 0 Å². The van der Waals surface area contributed by atoms with Crippen molar-refractivity contribution in [1.82, 2.24) is 0 Å². The van der Waals surface area contributed by atoms with E-state index in [0.717, 1.165) is 35.9 Å². The molecule has 4 rings (SSSR count). The van der Waals surface area contributed by atoms with Gasteiger partial charge in [-0.1, -0.05) is 36.4 Å². The molecule has 9 heteroatoms. The molecule has 1 amide bonds. The van der Waals surface area contributed by atoms with Crippen molar-refractivity contribution in [3.8, 4) is 0 Å². The van der Waals surface area contributed by atoms with Gasteiger partial charge in [-0.25, -0.2) is 8.42 Å². The molecule has 1 heterocycles. The van der Waals surface area contributed by atoms with Crippen LogP contribution >= 0.6 is 0 Å². The second kappa shape index (κ2) is 8.74. The first-order valence-corrected chi connectivity index (χ1v) is 11.5. The van der Waals surface area contributed by atoms with Crippen LogP contribution < -0.4 is 9.62 Å². The first-order chi connectivity index (χ1) is 15.6. The van der Waals surface area contributed by atoms with E-state index in [1.165, 1.54) is 36.4 Å². The van der Waals surface area contributed by atoms with Gasteiger partial charge in [-0.05, 0) is 60.0 Å². The lowest BCUT2D eigenvalue weighted by molar-refractivity contribution is -0.137. The average molecular weight is 472 g/mol. The molecular formula is C24H19F3N2O3S. The summed E-state index contributed by atoms with van der Waals surface area (Å²) >= 11 is 0. The fourth-order valence-electron chi connectivity index (χ4n) is 3.56. The van der Waals surface area contributed by atoms with Gasteiger partial charge >= 0.3 is 6.18 Å². The monoisotopic (exact) mass is 472 g/mol. The van der Waals surface area contributed by atoms with Crippen LogP contribution in [0, 0.1) is 0 Å². The van der Waals surface area contributed by atoms with Crippen LogP contribution in [0.3, 0.4) is 0 Å². The Morgan fingerprint density at radius 1 is 0.970 bits per heavy atom. The highest BCUT2D eigenvalue weighted by atomic mass is 32.2. The number of nitrogens with one attached hydrogen (secondary N) is 1. The molecule has 0 aromatic heterocycles. The van der Waals surface area contributed by atoms with Crippen molar-refractivity contribution in [2.75, 3.05) is 16.2 Å². The average Bonchev–Trinajstić information content (AvgIpc) is 3.21. The Kier molecular flexibility index (Phi) is 5.99. The third kappa shape index (κ3) is 5.09. The van der Waals surface area contributed by atoms with Crippen molar-refractivity contribution >= 4 is 33.4 Å². The van der Waals surface area contributed by atoms with Gasteiger partial charge in [0.15, 0.2) is 0 Å². The van der Waals surface area contributed by atoms with Gasteiger partial charge in [0.25, 0.3) is 15.9 Å². The zero-order valence-electron chi connectivity index (χ0n) is 17.2. The maximum atomic E-state index is 12.9. The number of anilines is 2. The number of fused-ring (bicyclic) bond motifs is 1. The van der Waals surface area contributed by atoms with Gasteiger partial charge in [0, 0.05) is 24.0 Å². The number of alkyl halides is 3. The topological polar surface area (TPSA) is 66.5 Å². The molecule has 0 radical (unpaired) electrons. The minimum absolute atomic E-state index is 0.114. The van der Waals surface area contributed by atoms with Crippen LogP contribution in [0.5, 0.6) is 0 Å². The lowest BCUT2D eigenvalue weighted by Gasteiger charge is -2.14. The molecule has 0 unspecified atom stereocenters. The minimum atomic E-state index is -4.58. The number of para-hydroxylation sites is 1. The molecule has 0 aliphatic carbocycles. The lowest BCUT2D eigenvalue weighted by atomic mass is 10.2. The molecule has 3 aromatic rings. The quantitative estimate of drug-likeness (QED) is 0.525. The Bertz CT molecular complexity index is 1320. The van der Waals surface area contributed by atoms with E-state index in [9.17, 15) is 26.4 Å². The summed E-state index contributed by atoms with van der Waals surface area (Å²) in [4.78, 5) is 14.1. The molecule has 170 valence electrons. The highest BCUT2D eigenvalue weighted by Gasteiger charge is 2.30. The van der Waals surface area contributed by atoms with E-state index in [1.807, 2.05) is 24.3 Å². The summed E-state index contributed by atoms with van der Waals surface area (Å²) in [7, 11) is -4.09. The maximum Gasteiger partial charge on any atom is 0.416 e. The number of rotatable bonds is 5. The third-order valence-electron chi connectivity index (χ3n) is 5.20. The van der Waals surface area contributed by atoms with Gasteiger partial charge in [0.1, 0.15) is 0 Å². The van der Waals surface area contributed by atoms with E-state index in [1.54, 1.807) is 11.0 Å². The SMILES string of the molecule is O=C(/C=C\c1ccc(S(=O)(=O)Nc2cccc(C(F)(F)F)c2)cc1)N1CCc2ccccc21. The first kappa shape index (κ1) is 22.6. The standard InChI is InChI=1S/C24H19F3N2O3S/c25-24(26,27)19-5-3-6-20(16-19)28-33(31,32)21-11-8-17(9-12-21)10-13-23(30)29-15-14-18-4-1-2-7-22(18)29/h1-13,16,28H,14-15H2/b13-10-. The Morgan fingerprint density at radius 3 is 2.42 bits per heavy atom. The summed E-state index contributed by atoms with van der Waals surface area (Å²) in [5, 5.41) is 0. The van der Waals surface area contributed by atoms with Gasteiger partial charge < -0.3 is 4.90 Å². The Balaban J connectivity index is 1.45. The number of amides is 1. The number of sulfonamides is 1. The Hall–Kier alpha value is -3.59. The second-order valence-corrected chi connectivity index (χ2v) is 9.14. The van der Waals surface area contributed by atoms with Gasteiger partial charge in [-0.15, -0.1) is 0 Å².